The topological polar surface area (TPSA) is 22.4 Å². The van der Waals surface area contributed by atoms with Crippen LogP contribution in [-0.2, 0) is 6.42 Å². The van der Waals surface area contributed by atoms with Gasteiger partial charge in [-0.05, 0) is 49.1 Å². The van der Waals surface area contributed by atoms with Crippen LogP contribution in [0.1, 0.15) is 77.2 Å². The van der Waals surface area contributed by atoms with Crippen LogP contribution in [0.15, 0.2) is 16.5 Å². The molecule has 1 aliphatic rings. The van der Waals surface area contributed by atoms with Crippen molar-refractivity contribution in [3.63, 3.8) is 0 Å². The molecule has 0 radical (unpaired) electrons. The average Bonchev–Trinajstić information content (AvgIpc) is 3.18. The highest BCUT2D eigenvalue weighted by Crippen LogP contribution is 2.39. The monoisotopic (exact) mass is 464 g/mol. The van der Waals surface area contributed by atoms with Crippen molar-refractivity contribution in [1.29, 1.82) is 0 Å². The van der Waals surface area contributed by atoms with E-state index in [9.17, 15) is 17.6 Å². The minimum Gasteiger partial charge on any atom is -0.490 e. The van der Waals surface area contributed by atoms with E-state index in [2.05, 4.69) is 6.92 Å². The van der Waals surface area contributed by atoms with Crippen LogP contribution in [0.5, 0.6) is 5.75 Å². The highest BCUT2D eigenvalue weighted by atomic mass is 19.2. The molecule has 1 heterocycles. The zero-order chi connectivity index (χ0) is 23.5. The fourth-order valence-electron chi connectivity index (χ4n) is 5.13. The van der Waals surface area contributed by atoms with Crippen molar-refractivity contribution in [2.24, 2.45) is 11.8 Å². The van der Waals surface area contributed by atoms with Gasteiger partial charge in [0, 0.05) is 6.07 Å². The van der Waals surface area contributed by atoms with E-state index in [-0.39, 0.29) is 33.3 Å². The van der Waals surface area contributed by atoms with Crippen molar-refractivity contribution in [1.82, 2.24) is 0 Å². The summed E-state index contributed by atoms with van der Waals surface area (Å²) < 4.78 is 70.6. The van der Waals surface area contributed by atoms with E-state index < -0.39 is 23.3 Å². The maximum atomic E-state index is 15.0. The molecule has 0 bridgehead atoms. The first-order valence-corrected chi connectivity index (χ1v) is 12.3. The fraction of sp³-hybridized carbons (Fsp3) is 0.556. The summed E-state index contributed by atoms with van der Waals surface area (Å²) in [7, 11) is 0. The molecular formula is C27H32F4O2. The molecule has 0 spiro atoms. The van der Waals surface area contributed by atoms with E-state index in [0.717, 1.165) is 44.4 Å². The van der Waals surface area contributed by atoms with Crippen LogP contribution in [0.4, 0.5) is 17.6 Å². The highest BCUT2D eigenvalue weighted by Gasteiger charge is 2.26. The number of ether oxygens (including phenoxy) is 1. The molecule has 6 heteroatoms. The Bertz CT molecular complexity index is 1110. The molecule has 2 aromatic carbocycles. The molecule has 1 fully saturated rings. The van der Waals surface area contributed by atoms with E-state index >= 15 is 0 Å². The van der Waals surface area contributed by atoms with E-state index in [1.807, 2.05) is 6.92 Å². The number of halogens is 4. The first-order chi connectivity index (χ1) is 15.9. The van der Waals surface area contributed by atoms with Gasteiger partial charge in [-0.25, -0.2) is 13.2 Å². The van der Waals surface area contributed by atoms with E-state index in [1.165, 1.54) is 25.0 Å². The van der Waals surface area contributed by atoms with Gasteiger partial charge < -0.3 is 9.15 Å². The Balaban J connectivity index is 1.59. The SMILES string of the molecule is CCCCCc1cc2oc3cc(OCC4CCC(CCC)CC4)c(F)c(F)c3c2c(F)c1F. The van der Waals surface area contributed by atoms with E-state index in [0.29, 0.717) is 25.4 Å². The van der Waals surface area contributed by atoms with Crippen molar-refractivity contribution >= 4 is 21.9 Å². The molecular weight excluding hydrogens is 432 g/mol. The Morgan fingerprint density at radius 2 is 1.42 bits per heavy atom. The molecule has 3 aromatic rings. The Morgan fingerprint density at radius 3 is 2.09 bits per heavy atom. The van der Waals surface area contributed by atoms with Crippen LogP contribution in [-0.4, -0.2) is 6.61 Å². The smallest absolute Gasteiger partial charge is 0.201 e. The van der Waals surface area contributed by atoms with Gasteiger partial charge in [0.2, 0.25) is 5.82 Å². The lowest BCUT2D eigenvalue weighted by atomic mass is 9.80. The van der Waals surface area contributed by atoms with Gasteiger partial charge in [-0.3, -0.25) is 0 Å². The van der Waals surface area contributed by atoms with Crippen LogP contribution in [0.2, 0.25) is 0 Å². The number of benzene rings is 2. The third-order valence-corrected chi connectivity index (χ3v) is 7.04. The Morgan fingerprint density at radius 1 is 0.788 bits per heavy atom. The van der Waals surface area contributed by atoms with Crippen LogP contribution < -0.4 is 4.74 Å². The first kappa shape index (κ1) is 23.9. The Hall–Kier alpha value is -2.24. The maximum absolute atomic E-state index is 15.0. The standard InChI is InChI=1S/C27H32F4O2/c1-3-5-6-8-18-13-19-22(26(30)24(18)28)23-20(33-19)14-21(25(29)27(23)31)32-15-17-11-9-16(7-4-2)10-12-17/h13-14,16-17H,3-12,15H2,1-2H3. The number of hydrogen-bond acceptors (Lipinski definition) is 2. The number of fused-ring (bicyclic) bond motifs is 3. The third kappa shape index (κ3) is 4.85. The molecule has 0 atom stereocenters. The fourth-order valence-corrected chi connectivity index (χ4v) is 5.13. The number of aryl methyl sites for hydroxylation is 1. The summed E-state index contributed by atoms with van der Waals surface area (Å²) in [6, 6.07) is 2.65. The quantitative estimate of drug-likeness (QED) is 0.233. The van der Waals surface area contributed by atoms with Gasteiger partial charge in [-0.15, -0.1) is 0 Å². The molecule has 0 saturated heterocycles. The molecule has 180 valence electrons. The molecule has 0 amide bonds. The lowest BCUT2D eigenvalue weighted by Gasteiger charge is -2.28. The van der Waals surface area contributed by atoms with Crippen molar-refractivity contribution in [2.45, 2.75) is 78.1 Å². The minimum atomic E-state index is -1.27. The largest absolute Gasteiger partial charge is 0.490 e. The molecule has 0 aliphatic heterocycles. The first-order valence-electron chi connectivity index (χ1n) is 12.3. The third-order valence-electron chi connectivity index (χ3n) is 7.04. The second kappa shape index (κ2) is 10.4. The summed E-state index contributed by atoms with van der Waals surface area (Å²) in [6.07, 6.45) is 9.59. The maximum Gasteiger partial charge on any atom is 0.201 e. The number of furan rings is 1. The lowest BCUT2D eigenvalue weighted by Crippen LogP contribution is -2.20. The van der Waals surface area contributed by atoms with Gasteiger partial charge in [0.15, 0.2) is 23.2 Å². The minimum absolute atomic E-state index is 0.0140. The molecule has 0 N–H and O–H groups in total. The number of hydrogen-bond donors (Lipinski definition) is 0. The van der Waals surface area contributed by atoms with Crippen LogP contribution in [0.25, 0.3) is 21.9 Å². The molecule has 2 nitrogen and oxygen atoms in total. The van der Waals surface area contributed by atoms with Crippen LogP contribution in [0, 0.1) is 35.1 Å². The van der Waals surface area contributed by atoms with Gasteiger partial charge >= 0.3 is 0 Å². The molecule has 1 aromatic heterocycles. The lowest BCUT2D eigenvalue weighted by molar-refractivity contribution is 0.173. The second-order valence-corrected chi connectivity index (χ2v) is 9.46. The van der Waals surface area contributed by atoms with Crippen LogP contribution >= 0.6 is 0 Å². The second-order valence-electron chi connectivity index (χ2n) is 9.46. The highest BCUT2D eigenvalue weighted by molar-refractivity contribution is 6.06. The summed E-state index contributed by atoms with van der Waals surface area (Å²) in [5.41, 5.74) is 0.151. The van der Waals surface area contributed by atoms with Crippen molar-refractivity contribution in [3.8, 4) is 5.75 Å². The molecule has 33 heavy (non-hydrogen) atoms. The van der Waals surface area contributed by atoms with Crippen molar-refractivity contribution < 1.29 is 26.7 Å². The number of unbranched alkanes of at least 4 members (excludes halogenated alkanes) is 2. The summed E-state index contributed by atoms with van der Waals surface area (Å²) in [4.78, 5) is 0. The summed E-state index contributed by atoms with van der Waals surface area (Å²) in [5.74, 6) is -3.91. The zero-order valence-electron chi connectivity index (χ0n) is 19.4. The van der Waals surface area contributed by atoms with E-state index in [1.54, 1.807) is 0 Å². The zero-order valence-corrected chi connectivity index (χ0v) is 19.4. The molecule has 0 unspecified atom stereocenters. The van der Waals surface area contributed by atoms with Crippen molar-refractivity contribution in [3.05, 3.63) is 41.0 Å². The predicted molar refractivity (Wildman–Crippen MR) is 123 cm³/mol. The molecule has 1 aliphatic carbocycles. The summed E-state index contributed by atoms with van der Waals surface area (Å²) in [5, 5.41) is -0.745. The van der Waals surface area contributed by atoms with Gasteiger partial charge in [-0.1, -0.05) is 52.4 Å². The predicted octanol–water partition coefficient (Wildman–Crippen LogP) is 8.86. The van der Waals surface area contributed by atoms with Gasteiger partial charge in [0.1, 0.15) is 11.2 Å². The van der Waals surface area contributed by atoms with E-state index in [4.69, 9.17) is 9.15 Å². The van der Waals surface area contributed by atoms with Gasteiger partial charge in [0.05, 0.1) is 17.4 Å². The normalized spacial score (nSPS) is 19.0. The van der Waals surface area contributed by atoms with Gasteiger partial charge in [0.25, 0.3) is 0 Å². The average molecular weight is 465 g/mol. The number of rotatable bonds is 9. The summed E-state index contributed by atoms with van der Waals surface area (Å²) in [6.45, 7) is 4.51. The Labute approximate surface area is 192 Å². The molecule has 1 saturated carbocycles. The van der Waals surface area contributed by atoms with Gasteiger partial charge in [-0.2, -0.15) is 4.39 Å². The van der Waals surface area contributed by atoms with Crippen LogP contribution in [0.3, 0.4) is 0 Å². The Kier molecular flexibility index (Phi) is 7.50. The molecule has 4 rings (SSSR count). The summed E-state index contributed by atoms with van der Waals surface area (Å²) >= 11 is 0. The van der Waals surface area contributed by atoms with Crippen molar-refractivity contribution in [2.75, 3.05) is 6.61 Å².